The second-order valence-electron chi connectivity index (χ2n) is 4.78. The van der Waals surface area contributed by atoms with Gasteiger partial charge in [0.25, 0.3) is 0 Å². The molecule has 0 aliphatic heterocycles. The highest BCUT2D eigenvalue weighted by Gasteiger charge is 2.15. The highest BCUT2D eigenvalue weighted by Crippen LogP contribution is 2.15. The number of nitrogens with zero attached hydrogens (tertiary/aromatic N) is 1. The molecule has 2 aromatic rings. The smallest absolute Gasteiger partial charge is 0.237 e. The van der Waals surface area contributed by atoms with Gasteiger partial charge in [0.15, 0.2) is 0 Å². The van der Waals surface area contributed by atoms with Gasteiger partial charge in [-0.25, -0.2) is 0 Å². The molecule has 1 unspecified atom stereocenters. The minimum absolute atomic E-state index is 0.106. The highest BCUT2D eigenvalue weighted by atomic mass is 32.1. The highest BCUT2D eigenvalue weighted by molar-refractivity contribution is 7.81. The number of nitrogens with one attached hydrogen (secondary N) is 1. The Morgan fingerprint density at radius 3 is 2.55 bits per heavy atom. The molecule has 1 aromatic heterocycles. The SMILES string of the molecule is Cc1ccc(NC(=O)C(S)Cc2ccccc2)c(C)n1. The zero-order chi connectivity index (χ0) is 14.5. The molecule has 3 nitrogen and oxygen atoms in total. The summed E-state index contributed by atoms with van der Waals surface area (Å²) in [6.07, 6.45) is 0.605. The van der Waals surface area contributed by atoms with Crippen LogP contribution < -0.4 is 5.32 Å². The lowest BCUT2D eigenvalue weighted by molar-refractivity contribution is -0.115. The summed E-state index contributed by atoms with van der Waals surface area (Å²) in [7, 11) is 0. The fraction of sp³-hybridized carbons (Fsp3) is 0.250. The predicted octanol–water partition coefficient (Wildman–Crippen LogP) is 3.18. The summed E-state index contributed by atoms with van der Waals surface area (Å²) in [6.45, 7) is 3.81. The molecule has 1 heterocycles. The Labute approximate surface area is 124 Å². The first kappa shape index (κ1) is 14.6. The number of thiol groups is 1. The molecule has 0 aliphatic carbocycles. The Kier molecular flexibility index (Phi) is 4.79. The van der Waals surface area contributed by atoms with Crippen molar-refractivity contribution < 1.29 is 4.79 Å². The minimum Gasteiger partial charge on any atom is -0.324 e. The lowest BCUT2D eigenvalue weighted by Crippen LogP contribution is -2.25. The van der Waals surface area contributed by atoms with Crippen LogP contribution in [0, 0.1) is 13.8 Å². The fourth-order valence-electron chi connectivity index (χ4n) is 1.96. The molecule has 0 saturated carbocycles. The van der Waals surface area contributed by atoms with Gasteiger partial charge in [-0.1, -0.05) is 30.3 Å². The predicted molar refractivity (Wildman–Crippen MR) is 85.3 cm³/mol. The maximum atomic E-state index is 12.1. The monoisotopic (exact) mass is 286 g/mol. The molecule has 1 amide bonds. The van der Waals surface area contributed by atoms with E-state index in [0.717, 1.165) is 22.6 Å². The quantitative estimate of drug-likeness (QED) is 0.848. The van der Waals surface area contributed by atoms with Crippen molar-refractivity contribution >= 4 is 24.2 Å². The number of rotatable bonds is 4. The first-order valence-corrected chi connectivity index (χ1v) is 7.05. The Morgan fingerprint density at radius 1 is 1.20 bits per heavy atom. The van der Waals surface area contributed by atoms with E-state index in [0.29, 0.717) is 6.42 Å². The standard InChI is InChI=1S/C16H18N2OS/c1-11-8-9-14(12(2)17-11)18-16(19)15(20)10-13-6-4-3-5-7-13/h3-9,15,20H,10H2,1-2H3,(H,18,19). The maximum absolute atomic E-state index is 12.1. The van der Waals surface area contributed by atoms with Crippen molar-refractivity contribution in [1.29, 1.82) is 0 Å². The number of carbonyl (C=O) groups excluding carboxylic acids is 1. The van der Waals surface area contributed by atoms with E-state index < -0.39 is 0 Å². The third kappa shape index (κ3) is 3.84. The normalized spacial score (nSPS) is 11.9. The van der Waals surface area contributed by atoms with Crippen molar-refractivity contribution in [3.8, 4) is 0 Å². The van der Waals surface area contributed by atoms with Crippen LogP contribution in [-0.2, 0) is 11.2 Å². The third-order valence-corrected chi connectivity index (χ3v) is 3.47. The van der Waals surface area contributed by atoms with Gasteiger partial charge in [-0.2, -0.15) is 12.6 Å². The molecular formula is C16H18N2OS. The lowest BCUT2D eigenvalue weighted by Gasteiger charge is -2.13. The van der Waals surface area contributed by atoms with Gasteiger partial charge in [0.2, 0.25) is 5.91 Å². The number of benzene rings is 1. The third-order valence-electron chi connectivity index (χ3n) is 3.06. The van der Waals surface area contributed by atoms with Crippen LogP contribution in [-0.4, -0.2) is 16.1 Å². The summed E-state index contributed by atoms with van der Waals surface area (Å²) >= 11 is 4.39. The van der Waals surface area contributed by atoms with E-state index in [1.54, 1.807) is 0 Å². The molecule has 1 atom stereocenters. The van der Waals surface area contributed by atoms with Crippen molar-refractivity contribution in [3.63, 3.8) is 0 Å². The first-order valence-electron chi connectivity index (χ1n) is 6.53. The number of carbonyl (C=O) groups is 1. The molecule has 1 aromatic carbocycles. The van der Waals surface area contributed by atoms with E-state index in [4.69, 9.17) is 0 Å². The second-order valence-corrected chi connectivity index (χ2v) is 5.40. The second kappa shape index (κ2) is 6.57. The molecule has 4 heteroatoms. The molecule has 2 rings (SSSR count). The van der Waals surface area contributed by atoms with Gasteiger partial charge in [0, 0.05) is 5.69 Å². The van der Waals surface area contributed by atoms with Crippen LogP contribution in [0.25, 0.3) is 0 Å². The van der Waals surface area contributed by atoms with Crippen molar-refractivity contribution in [1.82, 2.24) is 4.98 Å². The van der Waals surface area contributed by atoms with Crippen LogP contribution in [0.15, 0.2) is 42.5 Å². The number of pyridine rings is 1. The lowest BCUT2D eigenvalue weighted by atomic mass is 10.1. The molecule has 0 saturated heterocycles. The van der Waals surface area contributed by atoms with E-state index in [-0.39, 0.29) is 11.2 Å². The minimum atomic E-state index is -0.377. The van der Waals surface area contributed by atoms with Gasteiger partial charge < -0.3 is 5.32 Å². The van der Waals surface area contributed by atoms with Gasteiger partial charge in [-0.05, 0) is 38.0 Å². The number of aromatic nitrogens is 1. The van der Waals surface area contributed by atoms with Gasteiger partial charge >= 0.3 is 0 Å². The van der Waals surface area contributed by atoms with Crippen molar-refractivity contribution in [3.05, 3.63) is 59.4 Å². The Hall–Kier alpha value is -1.81. The van der Waals surface area contributed by atoms with E-state index in [1.807, 2.05) is 56.3 Å². The van der Waals surface area contributed by atoms with Crippen molar-refractivity contribution in [2.75, 3.05) is 5.32 Å². The number of aryl methyl sites for hydroxylation is 2. The Bertz CT molecular complexity index is 599. The molecule has 20 heavy (non-hydrogen) atoms. The van der Waals surface area contributed by atoms with Crippen molar-refractivity contribution in [2.45, 2.75) is 25.5 Å². The largest absolute Gasteiger partial charge is 0.324 e. The average molecular weight is 286 g/mol. The summed E-state index contributed by atoms with van der Waals surface area (Å²) in [5, 5.41) is 2.50. The summed E-state index contributed by atoms with van der Waals surface area (Å²) in [5.74, 6) is -0.106. The Morgan fingerprint density at radius 2 is 1.90 bits per heavy atom. The van der Waals surface area contributed by atoms with Gasteiger partial charge in [0.05, 0.1) is 16.6 Å². The number of anilines is 1. The van der Waals surface area contributed by atoms with Crippen LogP contribution in [0.5, 0.6) is 0 Å². The Balaban J connectivity index is 2.01. The fourth-order valence-corrected chi connectivity index (χ4v) is 2.24. The average Bonchev–Trinajstić information content (AvgIpc) is 2.43. The van der Waals surface area contributed by atoms with Crippen LogP contribution in [0.4, 0.5) is 5.69 Å². The molecule has 104 valence electrons. The molecule has 1 N–H and O–H groups in total. The van der Waals surface area contributed by atoms with Crippen LogP contribution in [0.2, 0.25) is 0 Å². The number of hydrogen-bond acceptors (Lipinski definition) is 3. The van der Waals surface area contributed by atoms with Gasteiger partial charge in [-0.15, -0.1) is 0 Å². The van der Waals surface area contributed by atoms with Gasteiger partial charge in [-0.3, -0.25) is 9.78 Å². The zero-order valence-corrected chi connectivity index (χ0v) is 12.5. The van der Waals surface area contributed by atoms with E-state index in [2.05, 4.69) is 22.9 Å². The first-order chi connectivity index (χ1) is 9.56. The van der Waals surface area contributed by atoms with Crippen LogP contribution in [0.1, 0.15) is 17.0 Å². The summed E-state index contributed by atoms with van der Waals surface area (Å²) in [5.41, 5.74) is 3.60. The topological polar surface area (TPSA) is 42.0 Å². The van der Waals surface area contributed by atoms with Crippen LogP contribution >= 0.6 is 12.6 Å². The summed E-state index contributed by atoms with van der Waals surface area (Å²) in [6, 6.07) is 13.6. The maximum Gasteiger partial charge on any atom is 0.237 e. The molecular weight excluding hydrogens is 268 g/mol. The summed E-state index contributed by atoms with van der Waals surface area (Å²) in [4.78, 5) is 16.5. The van der Waals surface area contributed by atoms with Crippen molar-refractivity contribution in [2.24, 2.45) is 0 Å². The van der Waals surface area contributed by atoms with Gasteiger partial charge in [0.1, 0.15) is 0 Å². The van der Waals surface area contributed by atoms with E-state index >= 15 is 0 Å². The molecule has 0 fully saturated rings. The van der Waals surface area contributed by atoms with Crippen LogP contribution in [0.3, 0.4) is 0 Å². The number of hydrogen-bond donors (Lipinski definition) is 2. The van der Waals surface area contributed by atoms with E-state index in [9.17, 15) is 4.79 Å². The number of amides is 1. The molecule has 0 bridgehead atoms. The molecule has 0 spiro atoms. The summed E-state index contributed by atoms with van der Waals surface area (Å²) < 4.78 is 0. The molecule has 0 radical (unpaired) electrons. The molecule has 0 aliphatic rings. The zero-order valence-electron chi connectivity index (χ0n) is 11.6. The van der Waals surface area contributed by atoms with E-state index in [1.165, 1.54) is 0 Å².